The summed E-state index contributed by atoms with van der Waals surface area (Å²) >= 11 is 0. The lowest BCUT2D eigenvalue weighted by atomic mass is 10.0. The maximum atomic E-state index is 5.64. The Morgan fingerprint density at radius 2 is 1.44 bits per heavy atom. The van der Waals surface area contributed by atoms with Crippen molar-refractivity contribution in [2.24, 2.45) is 0 Å². The molecule has 0 saturated heterocycles. The standard InChI is InChI=1S/C17H14O/c1-13-7-9-15(10-8-13)17-16(11-12-18-17)14-5-3-2-4-6-14/h2-12H,1H3. The zero-order chi connectivity index (χ0) is 12.4. The summed E-state index contributed by atoms with van der Waals surface area (Å²) in [5.41, 5.74) is 4.69. The lowest BCUT2D eigenvalue weighted by molar-refractivity contribution is 0.583. The average molecular weight is 234 g/mol. The van der Waals surface area contributed by atoms with Gasteiger partial charge < -0.3 is 4.42 Å². The molecule has 0 aliphatic rings. The highest BCUT2D eigenvalue weighted by Crippen LogP contribution is 2.32. The Morgan fingerprint density at radius 1 is 0.722 bits per heavy atom. The predicted octanol–water partition coefficient (Wildman–Crippen LogP) is 4.92. The molecule has 18 heavy (non-hydrogen) atoms. The van der Waals surface area contributed by atoms with Gasteiger partial charge in [0.2, 0.25) is 0 Å². The van der Waals surface area contributed by atoms with E-state index in [1.54, 1.807) is 6.26 Å². The lowest BCUT2D eigenvalue weighted by Gasteiger charge is -2.03. The van der Waals surface area contributed by atoms with Gasteiger partial charge in [-0.3, -0.25) is 0 Å². The Labute approximate surface area is 107 Å². The third kappa shape index (κ3) is 1.95. The van der Waals surface area contributed by atoms with Crippen LogP contribution in [0.4, 0.5) is 0 Å². The summed E-state index contributed by atoms with van der Waals surface area (Å²) in [4.78, 5) is 0. The summed E-state index contributed by atoms with van der Waals surface area (Å²) in [6.07, 6.45) is 1.75. The van der Waals surface area contributed by atoms with Crippen molar-refractivity contribution >= 4 is 0 Å². The van der Waals surface area contributed by atoms with Crippen LogP contribution in [0.15, 0.2) is 71.3 Å². The van der Waals surface area contributed by atoms with Gasteiger partial charge in [-0.1, -0.05) is 60.2 Å². The Bertz CT molecular complexity index is 633. The first kappa shape index (κ1) is 10.8. The Hall–Kier alpha value is -2.28. The van der Waals surface area contributed by atoms with Crippen molar-refractivity contribution in [1.29, 1.82) is 0 Å². The topological polar surface area (TPSA) is 13.1 Å². The highest BCUT2D eigenvalue weighted by atomic mass is 16.3. The molecule has 0 aliphatic carbocycles. The summed E-state index contributed by atoms with van der Waals surface area (Å²) in [5, 5.41) is 0. The SMILES string of the molecule is Cc1ccc(-c2occc2-c2ccccc2)cc1. The van der Waals surface area contributed by atoms with E-state index in [9.17, 15) is 0 Å². The van der Waals surface area contributed by atoms with E-state index in [4.69, 9.17) is 4.42 Å². The van der Waals surface area contributed by atoms with Crippen LogP contribution in [0.25, 0.3) is 22.5 Å². The second-order valence-electron chi connectivity index (χ2n) is 4.40. The molecule has 3 rings (SSSR count). The third-order valence-corrected chi connectivity index (χ3v) is 3.06. The smallest absolute Gasteiger partial charge is 0.141 e. The zero-order valence-electron chi connectivity index (χ0n) is 10.3. The maximum absolute atomic E-state index is 5.64. The monoisotopic (exact) mass is 234 g/mol. The molecule has 3 aromatic rings. The van der Waals surface area contributed by atoms with Crippen molar-refractivity contribution in [1.82, 2.24) is 0 Å². The van der Waals surface area contributed by atoms with E-state index in [1.165, 1.54) is 11.1 Å². The number of aryl methyl sites for hydroxylation is 1. The van der Waals surface area contributed by atoms with E-state index in [2.05, 4.69) is 43.3 Å². The fourth-order valence-electron chi connectivity index (χ4n) is 2.08. The first-order valence-electron chi connectivity index (χ1n) is 6.04. The van der Waals surface area contributed by atoms with Gasteiger partial charge in [-0.25, -0.2) is 0 Å². The van der Waals surface area contributed by atoms with Gasteiger partial charge in [0.15, 0.2) is 0 Å². The van der Waals surface area contributed by atoms with Crippen LogP contribution in [0.2, 0.25) is 0 Å². The molecule has 0 N–H and O–H groups in total. The van der Waals surface area contributed by atoms with Crippen LogP contribution in [0.1, 0.15) is 5.56 Å². The van der Waals surface area contributed by atoms with Crippen LogP contribution in [0.3, 0.4) is 0 Å². The van der Waals surface area contributed by atoms with Crippen molar-refractivity contribution in [2.75, 3.05) is 0 Å². The van der Waals surface area contributed by atoms with Crippen LogP contribution < -0.4 is 0 Å². The van der Waals surface area contributed by atoms with Gasteiger partial charge in [0.1, 0.15) is 5.76 Å². The van der Waals surface area contributed by atoms with Gasteiger partial charge in [0.05, 0.1) is 6.26 Å². The van der Waals surface area contributed by atoms with Gasteiger partial charge >= 0.3 is 0 Å². The number of hydrogen-bond donors (Lipinski definition) is 0. The van der Waals surface area contributed by atoms with Crippen molar-refractivity contribution in [3.63, 3.8) is 0 Å². The minimum Gasteiger partial charge on any atom is -0.464 e. The molecular formula is C17H14O. The van der Waals surface area contributed by atoms with Crippen LogP contribution >= 0.6 is 0 Å². The molecule has 0 fully saturated rings. The minimum atomic E-state index is 0.932. The Morgan fingerprint density at radius 3 is 2.17 bits per heavy atom. The number of hydrogen-bond acceptors (Lipinski definition) is 1. The fraction of sp³-hybridized carbons (Fsp3) is 0.0588. The highest BCUT2D eigenvalue weighted by Gasteiger charge is 2.10. The molecule has 0 aliphatic heterocycles. The molecule has 0 radical (unpaired) electrons. The van der Waals surface area contributed by atoms with Gasteiger partial charge in [-0.15, -0.1) is 0 Å². The van der Waals surface area contributed by atoms with Crippen molar-refractivity contribution in [3.05, 3.63) is 72.5 Å². The minimum absolute atomic E-state index is 0.932. The number of benzene rings is 2. The van der Waals surface area contributed by atoms with E-state index in [1.807, 2.05) is 24.3 Å². The summed E-state index contributed by atoms with van der Waals surface area (Å²) in [6, 6.07) is 20.7. The molecule has 0 amide bonds. The molecule has 1 nitrogen and oxygen atoms in total. The molecule has 0 bridgehead atoms. The molecule has 0 spiro atoms. The molecule has 0 saturated carbocycles. The maximum Gasteiger partial charge on any atom is 0.141 e. The van der Waals surface area contributed by atoms with Gasteiger partial charge in [0, 0.05) is 11.1 Å². The third-order valence-electron chi connectivity index (χ3n) is 3.06. The molecule has 1 aromatic heterocycles. The van der Waals surface area contributed by atoms with E-state index < -0.39 is 0 Å². The molecule has 0 unspecified atom stereocenters. The van der Waals surface area contributed by atoms with Crippen LogP contribution in [0.5, 0.6) is 0 Å². The quantitative estimate of drug-likeness (QED) is 0.613. The van der Waals surface area contributed by atoms with Crippen LogP contribution in [-0.2, 0) is 0 Å². The van der Waals surface area contributed by atoms with E-state index in [0.717, 1.165) is 16.9 Å². The van der Waals surface area contributed by atoms with Crippen LogP contribution in [0, 0.1) is 6.92 Å². The fourth-order valence-corrected chi connectivity index (χ4v) is 2.08. The van der Waals surface area contributed by atoms with Gasteiger partial charge in [-0.2, -0.15) is 0 Å². The van der Waals surface area contributed by atoms with Gasteiger partial charge in [0.25, 0.3) is 0 Å². The first-order chi connectivity index (χ1) is 8.84. The first-order valence-corrected chi connectivity index (χ1v) is 6.04. The molecule has 1 heteroatoms. The van der Waals surface area contributed by atoms with E-state index >= 15 is 0 Å². The molecule has 0 atom stereocenters. The Kier molecular flexibility index (Phi) is 2.73. The number of furan rings is 1. The lowest BCUT2D eigenvalue weighted by Crippen LogP contribution is -1.80. The number of rotatable bonds is 2. The second-order valence-corrected chi connectivity index (χ2v) is 4.40. The predicted molar refractivity (Wildman–Crippen MR) is 74.3 cm³/mol. The normalized spacial score (nSPS) is 10.5. The van der Waals surface area contributed by atoms with Crippen molar-refractivity contribution in [3.8, 4) is 22.5 Å². The van der Waals surface area contributed by atoms with E-state index in [-0.39, 0.29) is 0 Å². The van der Waals surface area contributed by atoms with E-state index in [0.29, 0.717) is 0 Å². The summed E-state index contributed by atoms with van der Waals surface area (Å²) < 4.78 is 5.64. The highest BCUT2D eigenvalue weighted by molar-refractivity contribution is 5.79. The molecule has 1 heterocycles. The summed E-state index contributed by atoms with van der Waals surface area (Å²) in [7, 11) is 0. The largest absolute Gasteiger partial charge is 0.464 e. The van der Waals surface area contributed by atoms with Crippen LogP contribution in [-0.4, -0.2) is 0 Å². The second kappa shape index (κ2) is 4.53. The summed E-state index contributed by atoms with van der Waals surface area (Å²) in [5.74, 6) is 0.932. The van der Waals surface area contributed by atoms with Gasteiger partial charge in [-0.05, 0) is 18.6 Å². The molecule has 88 valence electrons. The van der Waals surface area contributed by atoms with Crippen molar-refractivity contribution < 1.29 is 4.42 Å². The van der Waals surface area contributed by atoms with Crippen molar-refractivity contribution in [2.45, 2.75) is 6.92 Å². The average Bonchev–Trinajstić information content (AvgIpc) is 2.90. The molecule has 2 aromatic carbocycles. The molecular weight excluding hydrogens is 220 g/mol. The Balaban J connectivity index is 2.10. The summed E-state index contributed by atoms with van der Waals surface area (Å²) in [6.45, 7) is 2.09. The zero-order valence-corrected chi connectivity index (χ0v) is 10.3.